The van der Waals surface area contributed by atoms with Gasteiger partial charge in [0, 0.05) is 23.1 Å². The van der Waals surface area contributed by atoms with Gasteiger partial charge in [-0.05, 0) is 40.9 Å². The number of amides is 2. The third-order valence-corrected chi connectivity index (χ3v) is 4.28. The lowest BCUT2D eigenvalue weighted by atomic mass is 9.93. The first kappa shape index (κ1) is 15.9. The molecule has 0 saturated heterocycles. The standard InChI is InChI=1S/C15H18BrN5O2/c16-10-8-12(14(17-9-10)21-7-3-6-18-21)20-15(23)19-11-4-1-2-5-13(11)22/h3,6-9,11,13,22H,1-2,4-5H2,(H2,19,20,23). The second-order valence-electron chi connectivity index (χ2n) is 5.53. The minimum absolute atomic E-state index is 0.211. The summed E-state index contributed by atoms with van der Waals surface area (Å²) in [6.45, 7) is 0. The van der Waals surface area contributed by atoms with Crippen molar-refractivity contribution in [2.45, 2.75) is 37.8 Å². The Morgan fingerprint density at radius 3 is 2.96 bits per heavy atom. The highest BCUT2D eigenvalue weighted by molar-refractivity contribution is 9.10. The van der Waals surface area contributed by atoms with Gasteiger partial charge in [-0.25, -0.2) is 14.5 Å². The highest BCUT2D eigenvalue weighted by atomic mass is 79.9. The molecule has 1 aliphatic rings. The van der Waals surface area contributed by atoms with E-state index in [1.165, 1.54) is 0 Å². The minimum atomic E-state index is -0.485. The van der Waals surface area contributed by atoms with Gasteiger partial charge in [-0.15, -0.1) is 0 Å². The topological polar surface area (TPSA) is 92.1 Å². The van der Waals surface area contributed by atoms with Gasteiger partial charge >= 0.3 is 6.03 Å². The molecule has 2 atom stereocenters. The quantitative estimate of drug-likeness (QED) is 0.763. The normalized spacial score (nSPS) is 21.0. The number of aliphatic hydroxyl groups excluding tert-OH is 1. The van der Waals surface area contributed by atoms with E-state index in [9.17, 15) is 9.90 Å². The maximum absolute atomic E-state index is 12.3. The van der Waals surface area contributed by atoms with E-state index in [1.807, 2.05) is 0 Å². The number of hydrogen-bond donors (Lipinski definition) is 3. The zero-order chi connectivity index (χ0) is 16.2. The zero-order valence-corrected chi connectivity index (χ0v) is 14.0. The van der Waals surface area contributed by atoms with Crippen molar-refractivity contribution in [3.8, 4) is 5.82 Å². The number of pyridine rings is 1. The van der Waals surface area contributed by atoms with E-state index < -0.39 is 6.10 Å². The van der Waals surface area contributed by atoms with E-state index in [1.54, 1.807) is 35.4 Å². The number of anilines is 1. The minimum Gasteiger partial charge on any atom is -0.391 e. The summed E-state index contributed by atoms with van der Waals surface area (Å²) in [5.74, 6) is 0.526. The summed E-state index contributed by atoms with van der Waals surface area (Å²) < 4.78 is 2.33. The molecule has 2 aromatic rings. The first-order valence-corrected chi connectivity index (χ1v) is 8.34. The molecular formula is C15H18BrN5O2. The number of hydrogen-bond acceptors (Lipinski definition) is 4. The van der Waals surface area contributed by atoms with Crippen LogP contribution in [0.4, 0.5) is 10.5 Å². The summed E-state index contributed by atoms with van der Waals surface area (Å²) in [4.78, 5) is 16.6. The number of rotatable bonds is 3. The van der Waals surface area contributed by atoms with Crippen molar-refractivity contribution in [2.24, 2.45) is 0 Å². The van der Waals surface area contributed by atoms with E-state index in [0.717, 1.165) is 30.2 Å². The first-order chi connectivity index (χ1) is 11.1. The molecule has 1 aliphatic carbocycles. The largest absolute Gasteiger partial charge is 0.391 e. The number of nitrogens with one attached hydrogen (secondary N) is 2. The molecule has 0 bridgehead atoms. The second-order valence-corrected chi connectivity index (χ2v) is 6.45. The van der Waals surface area contributed by atoms with Gasteiger partial charge in [-0.1, -0.05) is 12.8 Å². The summed E-state index contributed by atoms with van der Waals surface area (Å²) >= 11 is 3.35. The van der Waals surface area contributed by atoms with E-state index in [-0.39, 0.29) is 12.1 Å². The summed E-state index contributed by atoms with van der Waals surface area (Å²) in [6.07, 6.45) is 8.08. The number of carbonyl (C=O) groups excluding carboxylic acids is 1. The Hall–Kier alpha value is -1.93. The molecule has 3 rings (SSSR count). The Labute approximate surface area is 142 Å². The van der Waals surface area contributed by atoms with Crippen molar-refractivity contribution in [3.05, 3.63) is 35.2 Å². The van der Waals surface area contributed by atoms with Crippen LogP contribution in [0.5, 0.6) is 0 Å². The fourth-order valence-electron chi connectivity index (χ4n) is 2.71. The molecular weight excluding hydrogens is 362 g/mol. The Morgan fingerprint density at radius 1 is 1.39 bits per heavy atom. The van der Waals surface area contributed by atoms with Crippen molar-refractivity contribution < 1.29 is 9.90 Å². The maximum Gasteiger partial charge on any atom is 0.319 e. The fourth-order valence-corrected chi connectivity index (χ4v) is 3.04. The number of urea groups is 1. The summed E-state index contributed by atoms with van der Waals surface area (Å²) in [5, 5.41) is 19.7. The predicted octanol–water partition coefficient (Wildman–Crippen LogP) is 2.45. The van der Waals surface area contributed by atoms with Crippen LogP contribution < -0.4 is 10.6 Å². The lowest BCUT2D eigenvalue weighted by Gasteiger charge is -2.28. The number of halogens is 1. The summed E-state index contributed by atoms with van der Waals surface area (Å²) in [5.41, 5.74) is 0.533. The predicted molar refractivity (Wildman–Crippen MR) is 89.5 cm³/mol. The molecule has 0 aliphatic heterocycles. The van der Waals surface area contributed by atoms with E-state index >= 15 is 0 Å². The zero-order valence-electron chi connectivity index (χ0n) is 12.4. The number of aliphatic hydroxyl groups is 1. The molecule has 8 heteroatoms. The van der Waals surface area contributed by atoms with Crippen molar-refractivity contribution >= 4 is 27.6 Å². The fraction of sp³-hybridized carbons (Fsp3) is 0.400. The molecule has 1 saturated carbocycles. The van der Waals surface area contributed by atoms with Gasteiger partial charge in [0.2, 0.25) is 0 Å². The molecule has 7 nitrogen and oxygen atoms in total. The smallest absolute Gasteiger partial charge is 0.319 e. The molecule has 3 N–H and O–H groups in total. The summed E-state index contributed by atoms with van der Waals surface area (Å²) in [6, 6.07) is 2.98. The SMILES string of the molecule is O=C(Nc1cc(Br)cnc1-n1cccn1)NC1CCCCC1O. The van der Waals surface area contributed by atoms with Crippen LogP contribution in [0.15, 0.2) is 35.2 Å². The average molecular weight is 380 g/mol. The van der Waals surface area contributed by atoms with Crippen LogP contribution in [0.25, 0.3) is 5.82 Å². The van der Waals surface area contributed by atoms with E-state index in [2.05, 4.69) is 36.6 Å². The molecule has 122 valence electrons. The van der Waals surface area contributed by atoms with Crippen molar-refractivity contribution in [3.63, 3.8) is 0 Å². The lowest BCUT2D eigenvalue weighted by molar-refractivity contribution is 0.0955. The van der Waals surface area contributed by atoms with Gasteiger partial charge in [0.1, 0.15) is 0 Å². The van der Waals surface area contributed by atoms with Gasteiger partial charge < -0.3 is 15.7 Å². The van der Waals surface area contributed by atoms with Crippen molar-refractivity contribution in [1.82, 2.24) is 20.1 Å². The van der Waals surface area contributed by atoms with Crippen LogP contribution in [-0.2, 0) is 0 Å². The molecule has 0 aromatic carbocycles. The Balaban J connectivity index is 1.74. The van der Waals surface area contributed by atoms with Gasteiger partial charge in [0.15, 0.2) is 5.82 Å². The second kappa shape index (κ2) is 7.10. The molecule has 2 amide bonds. The van der Waals surface area contributed by atoms with Crippen molar-refractivity contribution in [2.75, 3.05) is 5.32 Å². The molecule has 0 spiro atoms. The van der Waals surface area contributed by atoms with Crippen molar-refractivity contribution in [1.29, 1.82) is 0 Å². The van der Waals surface area contributed by atoms with Crippen LogP contribution in [0, 0.1) is 0 Å². The maximum atomic E-state index is 12.3. The van der Waals surface area contributed by atoms with Crippen LogP contribution in [0.2, 0.25) is 0 Å². The van der Waals surface area contributed by atoms with Gasteiger partial charge in [-0.3, -0.25) is 0 Å². The number of carbonyl (C=O) groups is 1. The Bertz CT molecular complexity index is 677. The molecule has 23 heavy (non-hydrogen) atoms. The molecule has 2 aromatic heterocycles. The van der Waals surface area contributed by atoms with Crippen LogP contribution >= 0.6 is 15.9 Å². The van der Waals surface area contributed by atoms with Crippen LogP contribution in [0.3, 0.4) is 0 Å². The Kier molecular flexibility index (Phi) is 4.92. The van der Waals surface area contributed by atoms with Gasteiger partial charge in [-0.2, -0.15) is 5.10 Å². The average Bonchev–Trinajstić information content (AvgIpc) is 3.04. The molecule has 2 heterocycles. The first-order valence-electron chi connectivity index (χ1n) is 7.54. The molecule has 2 unspecified atom stereocenters. The highest BCUT2D eigenvalue weighted by Crippen LogP contribution is 2.22. The van der Waals surface area contributed by atoms with E-state index in [0.29, 0.717) is 11.5 Å². The highest BCUT2D eigenvalue weighted by Gasteiger charge is 2.24. The van der Waals surface area contributed by atoms with Gasteiger partial charge in [0.05, 0.1) is 17.8 Å². The monoisotopic (exact) mass is 379 g/mol. The lowest BCUT2D eigenvalue weighted by Crippen LogP contribution is -2.46. The third-order valence-electron chi connectivity index (χ3n) is 3.85. The number of nitrogens with zero attached hydrogens (tertiary/aromatic N) is 3. The van der Waals surface area contributed by atoms with Gasteiger partial charge in [0.25, 0.3) is 0 Å². The molecule has 1 fully saturated rings. The van der Waals surface area contributed by atoms with Crippen LogP contribution in [0.1, 0.15) is 25.7 Å². The Morgan fingerprint density at radius 2 is 2.22 bits per heavy atom. The van der Waals surface area contributed by atoms with E-state index in [4.69, 9.17) is 0 Å². The number of aromatic nitrogens is 3. The third kappa shape index (κ3) is 3.89. The van der Waals surface area contributed by atoms with Crippen LogP contribution in [-0.4, -0.2) is 38.0 Å². The summed E-state index contributed by atoms with van der Waals surface area (Å²) in [7, 11) is 0. The molecule has 0 radical (unpaired) electrons.